The van der Waals surface area contributed by atoms with Crippen LogP contribution in [0.4, 0.5) is 5.69 Å². The molecular formula is C10H11NO5S. The lowest BCUT2D eigenvalue weighted by atomic mass is 10.1. The predicted molar refractivity (Wildman–Crippen MR) is 60.6 cm³/mol. The molecule has 0 N–H and O–H groups in total. The van der Waals surface area contributed by atoms with Crippen molar-refractivity contribution in [1.29, 1.82) is 0 Å². The number of nitrogens with zero attached hydrogens (tertiary/aromatic N) is 1. The molecule has 92 valence electrons. The van der Waals surface area contributed by atoms with E-state index in [2.05, 4.69) is 0 Å². The van der Waals surface area contributed by atoms with Crippen LogP contribution in [0, 0.1) is 10.1 Å². The number of nitro groups is 1. The number of sulfone groups is 1. The molecule has 0 saturated heterocycles. The topological polar surface area (TPSA) is 94.3 Å². The molecule has 0 aliphatic heterocycles. The molecule has 0 atom stereocenters. The van der Waals surface area contributed by atoms with Crippen molar-refractivity contribution >= 4 is 21.3 Å². The van der Waals surface area contributed by atoms with E-state index in [-0.39, 0.29) is 28.4 Å². The van der Waals surface area contributed by atoms with Crippen molar-refractivity contribution in [3.8, 4) is 0 Å². The fourth-order valence-corrected chi connectivity index (χ4v) is 2.00. The largest absolute Gasteiger partial charge is 0.300 e. The maximum absolute atomic E-state index is 11.3. The normalized spacial score (nSPS) is 11.2. The third-order valence-corrected chi connectivity index (χ3v) is 3.23. The van der Waals surface area contributed by atoms with E-state index >= 15 is 0 Å². The summed E-state index contributed by atoms with van der Waals surface area (Å²) in [5.41, 5.74) is -0.127. The summed E-state index contributed by atoms with van der Waals surface area (Å²) >= 11 is 0. The number of carbonyl (C=O) groups is 1. The van der Waals surface area contributed by atoms with E-state index in [1.165, 1.54) is 19.1 Å². The number of Topliss-reactive ketones (excluding diaryl/α,β-unsaturated/α-hetero) is 1. The van der Waals surface area contributed by atoms with Gasteiger partial charge in [0, 0.05) is 24.3 Å². The van der Waals surface area contributed by atoms with Crippen LogP contribution in [0.5, 0.6) is 0 Å². The van der Waals surface area contributed by atoms with E-state index < -0.39 is 14.8 Å². The van der Waals surface area contributed by atoms with Gasteiger partial charge in [-0.15, -0.1) is 0 Å². The molecule has 1 rings (SSSR count). The van der Waals surface area contributed by atoms with E-state index in [1.807, 2.05) is 0 Å². The van der Waals surface area contributed by atoms with Gasteiger partial charge in [0.05, 0.1) is 9.82 Å². The highest BCUT2D eigenvalue weighted by atomic mass is 32.2. The Morgan fingerprint density at radius 3 is 2.41 bits per heavy atom. The second-order valence-corrected chi connectivity index (χ2v) is 5.71. The quantitative estimate of drug-likeness (QED) is 0.595. The summed E-state index contributed by atoms with van der Waals surface area (Å²) in [6, 6.07) is 3.55. The molecule has 0 spiro atoms. The van der Waals surface area contributed by atoms with Gasteiger partial charge in [-0.25, -0.2) is 8.42 Å². The van der Waals surface area contributed by atoms with Crippen molar-refractivity contribution in [2.24, 2.45) is 0 Å². The van der Waals surface area contributed by atoms with Gasteiger partial charge in [0.1, 0.15) is 5.78 Å². The number of hydrogen-bond donors (Lipinski definition) is 0. The lowest BCUT2D eigenvalue weighted by Gasteiger charge is -2.03. The Morgan fingerprint density at radius 2 is 2.00 bits per heavy atom. The zero-order chi connectivity index (χ0) is 13.2. The summed E-state index contributed by atoms with van der Waals surface area (Å²) in [6.07, 6.45) is 0.886. The van der Waals surface area contributed by atoms with Crippen molar-refractivity contribution in [1.82, 2.24) is 0 Å². The zero-order valence-electron chi connectivity index (χ0n) is 9.34. The van der Waals surface area contributed by atoms with Gasteiger partial charge in [0.25, 0.3) is 5.69 Å². The molecular weight excluding hydrogens is 246 g/mol. The average molecular weight is 257 g/mol. The summed E-state index contributed by atoms with van der Waals surface area (Å²) in [5, 5.41) is 10.8. The van der Waals surface area contributed by atoms with Gasteiger partial charge >= 0.3 is 0 Å². The van der Waals surface area contributed by atoms with Gasteiger partial charge in [0.15, 0.2) is 9.84 Å². The highest BCUT2D eigenvalue weighted by Crippen LogP contribution is 2.23. The number of nitro benzene ring substituents is 1. The molecule has 0 aliphatic carbocycles. The van der Waals surface area contributed by atoms with E-state index in [0.717, 1.165) is 12.3 Å². The first-order chi connectivity index (χ1) is 7.71. The van der Waals surface area contributed by atoms with Crippen molar-refractivity contribution in [3.63, 3.8) is 0 Å². The first-order valence-electron chi connectivity index (χ1n) is 4.68. The van der Waals surface area contributed by atoms with Gasteiger partial charge in [0.2, 0.25) is 0 Å². The highest BCUT2D eigenvalue weighted by Gasteiger charge is 2.19. The Hall–Kier alpha value is -1.76. The Bertz CT molecular complexity index is 576. The molecule has 0 fully saturated rings. The van der Waals surface area contributed by atoms with Gasteiger partial charge < -0.3 is 0 Å². The van der Waals surface area contributed by atoms with E-state index in [0.29, 0.717) is 0 Å². The van der Waals surface area contributed by atoms with Crippen LogP contribution < -0.4 is 0 Å². The Labute approximate surface area is 98.3 Å². The molecule has 1 aromatic carbocycles. The van der Waals surface area contributed by atoms with Crippen LogP contribution in [0.1, 0.15) is 12.5 Å². The van der Waals surface area contributed by atoms with Crippen LogP contribution in [-0.2, 0) is 21.1 Å². The van der Waals surface area contributed by atoms with Crippen LogP contribution in [-0.4, -0.2) is 25.4 Å². The minimum atomic E-state index is -3.49. The maximum Gasteiger partial charge on any atom is 0.274 e. The minimum absolute atomic E-state index is 0.0830. The molecule has 17 heavy (non-hydrogen) atoms. The molecule has 0 radical (unpaired) electrons. The van der Waals surface area contributed by atoms with Crippen LogP contribution >= 0.6 is 0 Å². The Morgan fingerprint density at radius 1 is 1.41 bits per heavy atom. The second kappa shape index (κ2) is 4.62. The standard InChI is InChI=1S/C10H11NO5S/c1-7(12)5-8-3-4-9(17(2,15)16)6-10(8)11(13)14/h3-4,6H,5H2,1-2H3. The summed E-state index contributed by atoms with van der Waals surface area (Å²) in [6.45, 7) is 1.31. The van der Waals surface area contributed by atoms with Crippen LogP contribution in [0.15, 0.2) is 23.1 Å². The molecule has 0 heterocycles. The molecule has 0 saturated carbocycles. The van der Waals surface area contributed by atoms with Gasteiger partial charge in [-0.3, -0.25) is 14.9 Å². The average Bonchev–Trinajstić information content (AvgIpc) is 2.15. The summed E-state index contributed by atoms with van der Waals surface area (Å²) in [7, 11) is -3.49. The van der Waals surface area contributed by atoms with Crippen molar-refractivity contribution < 1.29 is 18.1 Å². The van der Waals surface area contributed by atoms with Crippen molar-refractivity contribution in [2.45, 2.75) is 18.2 Å². The number of carbonyl (C=O) groups excluding carboxylic acids is 1. The molecule has 7 heteroatoms. The smallest absolute Gasteiger partial charge is 0.274 e. The van der Waals surface area contributed by atoms with Crippen LogP contribution in [0.2, 0.25) is 0 Å². The van der Waals surface area contributed by atoms with Crippen LogP contribution in [0.25, 0.3) is 0 Å². The van der Waals surface area contributed by atoms with Gasteiger partial charge in [-0.05, 0) is 13.0 Å². The first-order valence-corrected chi connectivity index (χ1v) is 6.58. The first kappa shape index (κ1) is 13.3. The Balaban J connectivity index is 3.37. The fourth-order valence-electron chi connectivity index (χ4n) is 1.36. The van der Waals surface area contributed by atoms with Crippen molar-refractivity contribution in [3.05, 3.63) is 33.9 Å². The van der Waals surface area contributed by atoms with Gasteiger partial charge in [-0.2, -0.15) is 0 Å². The molecule has 0 aliphatic rings. The van der Waals surface area contributed by atoms with Gasteiger partial charge in [-0.1, -0.05) is 6.07 Å². The lowest BCUT2D eigenvalue weighted by molar-refractivity contribution is -0.385. The maximum atomic E-state index is 11.3. The summed E-state index contributed by atoms with van der Waals surface area (Å²) < 4.78 is 22.5. The molecule has 0 bridgehead atoms. The predicted octanol–water partition coefficient (Wildman–Crippen LogP) is 1.13. The number of rotatable bonds is 4. The molecule has 6 nitrogen and oxygen atoms in total. The zero-order valence-corrected chi connectivity index (χ0v) is 10.2. The number of ketones is 1. The Kier molecular flexibility index (Phi) is 3.62. The van der Waals surface area contributed by atoms with E-state index in [1.54, 1.807) is 0 Å². The minimum Gasteiger partial charge on any atom is -0.300 e. The number of hydrogen-bond acceptors (Lipinski definition) is 5. The van der Waals surface area contributed by atoms with Crippen molar-refractivity contribution in [2.75, 3.05) is 6.26 Å². The summed E-state index contributed by atoms with van der Waals surface area (Å²) in [5.74, 6) is -0.222. The third kappa shape index (κ3) is 3.35. The summed E-state index contributed by atoms with van der Waals surface area (Å²) in [4.78, 5) is 20.9. The van der Waals surface area contributed by atoms with E-state index in [9.17, 15) is 23.3 Å². The lowest BCUT2D eigenvalue weighted by Crippen LogP contribution is -2.04. The van der Waals surface area contributed by atoms with E-state index in [4.69, 9.17) is 0 Å². The molecule has 0 aromatic heterocycles. The second-order valence-electron chi connectivity index (χ2n) is 3.70. The molecule has 1 aromatic rings. The monoisotopic (exact) mass is 257 g/mol. The fraction of sp³-hybridized carbons (Fsp3) is 0.300. The SMILES string of the molecule is CC(=O)Cc1ccc(S(C)(=O)=O)cc1[N+](=O)[O-]. The van der Waals surface area contributed by atoms with Crippen LogP contribution in [0.3, 0.4) is 0 Å². The molecule has 0 amide bonds. The number of benzene rings is 1. The highest BCUT2D eigenvalue weighted by molar-refractivity contribution is 7.90. The third-order valence-electron chi connectivity index (χ3n) is 2.12. The molecule has 0 unspecified atom stereocenters.